The number of halogens is 1. The smallest absolute Gasteiger partial charge is 0.335 e. The molecular formula is C19H13FO4S. The molecule has 0 spiro atoms. The first kappa shape index (κ1) is 16.9. The molecule has 3 rings (SSSR count). The third kappa shape index (κ3) is 2.92. The van der Waals surface area contributed by atoms with Crippen molar-refractivity contribution < 1.29 is 23.5 Å². The van der Waals surface area contributed by atoms with Crippen LogP contribution in [0.1, 0.15) is 5.56 Å². The number of fused-ring (bicyclic) bond motifs is 3. The summed E-state index contributed by atoms with van der Waals surface area (Å²) in [7, 11) is 0. The van der Waals surface area contributed by atoms with Gasteiger partial charge in [-0.1, -0.05) is 13.2 Å². The molecule has 0 fully saturated rings. The van der Waals surface area contributed by atoms with Crippen molar-refractivity contribution in [3.63, 3.8) is 0 Å². The van der Waals surface area contributed by atoms with Crippen LogP contribution in [0.15, 0.2) is 49.6 Å². The van der Waals surface area contributed by atoms with Crippen molar-refractivity contribution >= 4 is 43.4 Å². The monoisotopic (exact) mass is 356 g/mol. The summed E-state index contributed by atoms with van der Waals surface area (Å²) in [6, 6.07) is 6.53. The van der Waals surface area contributed by atoms with Gasteiger partial charge in [-0.3, -0.25) is 0 Å². The van der Waals surface area contributed by atoms with Gasteiger partial charge < -0.3 is 9.47 Å². The quantitative estimate of drug-likeness (QED) is 0.387. The number of aryl methyl sites for hydroxylation is 1. The molecule has 0 aliphatic heterocycles. The van der Waals surface area contributed by atoms with Crippen LogP contribution in [-0.2, 0) is 9.59 Å². The highest BCUT2D eigenvalue weighted by Gasteiger charge is 2.18. The highest BCUT2D eigenvalue weighted by molar-refractivity contribution is 7.26. The molecule has 0 atom stereocenters. The number of carbonyl (C=O) groups is 2. The molecule has 0 aliphatic carbocycles. The van der Waals surface area contributed by atoms with Gasteiger partial charge in [-0.25, -0.2) is 14.0 Å². The standard InChI is InChI=1S/C19H13FO4S/c1-4-15(21)23-13-8-6-11-12-7-9-14(24-16(22)5-2)17(20)19(12)25-18(11)10(13)3/h4-9H,1-2H2,3H3. The van der Waals surface area contributed by atoms with E-state index in [4.69, 9.17) is 9.47 Å². The van der Waals surface area contributed by atoms with Crippen LogP contribution in [0.5, 0.6) is 11.5 Å². The first-order valence-electron chi connectivity index (χ1n) is 7.29. The van der Waals surface area contributed by atoms with E-state index in [9.17, 15) is 14.0 Å². The summed E-state index contributed by atoms with van der Waals surface area (Å²) in [5.74, 6) is -1.66. The molecule has 126 valence electrons. The molecule has 0 bridgehead atoms. The summed E-state index contributed by atoms with van der Waals surface area (Å²) < 4.78 is 26.0. The lowest BCUT2D eigenvalue weighted by molar-refractivity contribution is -0.130. The Hall–Kier alpha value is -2.99. The summed E-state index contributed by atoms with van der Waals surface area (Å²) in [5, 5.41) is 1.52. The number of carbonyl (C=O) groups excluding carboxylic acids is 2. The van der Waals surface area contributed by atoms with Crippen molar-refractivity contribution in [3.8, 4) is 11.5 Å². The third-order valence-electron chi connectivity index (χ3n) is 3.67. The zero-order valence-electron chi connectivity index (χ0n) is 13.3. The van der Waals surface area contributed by atoms with E-state index < -0.39 is 17.8 Å². The number of hydrogen-bond acceptors (Lipinski definition) is 5. The molecule has 0 radical (unpaired) electrons. The Morgan fingerprint density at radius 3 is 2.08 bits per heavy atom. The molecule has 25 heavy (non-hydrogen) atoms. The minimum absolute atomic E-state index is 0.153. The number of ether oxygens (including phenoxy) is 2. The van der Waals surface area contributed by atoms with E-state index >= 15 is 0 Å². The van der Waals surface area contributed by atoms with E-state index in [1.807, 2.05) is 0 Å². The molecule has 1 heterocycles. The third-order valence-corrected chi connectivity index (χ3v) is 5.00. The fourth-order valence-corrected chi connectivity index (χ4v) is 3.68. The first-order chi connectivity index (χ1) is 12.0. The maximum Gasteiger partial charge on any atom is 0.335 e. The molecule has 0 saturated heterocycles. The summed E-state index contributed by atoms with van der Waals surface area (Å²) in [6.45, 7) is 8.45. The van der Waals surface area contributed by atoms with Crippen LogP contribution in [0.25, 0.3) is 20.2 Å². The summed E-state index contributed by atoms with van der Waals surface area (Å²) in [5.41, 5.74) is 0.720. The number of rotatable bonds is 4. The van der Waals surface area contributed by atoms with Gasteiger partial charge in [0.25, 0.3) is 0 Å². The Balaban J connectivity index is 2.18. The first-order valence-corrected chi connectivity index (χ1v) is 8.10. The normalized spacial score (nSPS) is 10.6. The molecule has 1 aromatic heterocycles. The minimum Gasteiger partial charge on any atom is -0.423 e. The van der Waals surface area contributed by atoms with Crippen LogP contribution in [-0.4, -0.2) is 11.9 Å². The van der Waals surface area contributed by atoms with E-state index in [2.05, 4.69) is 13.2 Å². The Labute approximate surface area is 146 Å². The second kappa shape index (κ2) is 6.49. The number of thiophene rings is 1. The largest absolute Gasteiger partial charge is 0.423 e. The van der Waals surface area contributed by atoms with Crippen LogP contribution in [0.4, 0.5) is 4.39 Å². The van der Waals surface area contributed by atoms with E-state index in [0.29, 0.717) is 15.8 Å². The molecule has 6 heteroatoms. The van der Waals surface area contributed by atoms with Gasteiger partial charge in [0.05, 0.1) is 4.70 Å². The highest BCUT2D eigenvalue weighted by atomic mass is 32.1. The molecule has 3 aromatic rings. The van der Waals surface area contributed by atoms with Crippen molar-refractivity contribution in [1.82, 2.24) is 0 Å². The van der Waals surface area contributed by atoms with Gasteiger partial charge >= 0.3 is 11.9 Å². The summed E-state index contributed by atoms with van der Waals surface area (Å²) in [6.07, 6.45) is 2.05. The van der Waals surface area contributed by atoms with Crippen LogP contribution < -0.4 is 9.47 Å². The Kier molecular flexibility index (Phi) is 4.37. The predicted molar refractivity (Wildman–Crippen MR) is 95.7 cm³/mol. The second-order valence-corrected chi connectivity index (χ2v) is 6.19. The van der Waals surface area contributed by atoms with Crippen LogP contribution in [0, 0.1) is 12.7 Å². The lowest BCUT2D eigenvalue weighted by atomic mass is 10.1. The van der Waals surface area contributed by atoms with Crippen molar-refractivity contribution in [2.24, 2.45) is 0 Å². The van der Waals surface area contributed by atoms with E-state index in [0.717, 1.165) is 27.8 Å². The maximum atomic E-state index is 14.7. The molecule has 4 nitrogen and oxygen atoms in total. The molecular weight excluding hydrogens is 343 g/mol. The lowest BCUT2D eigenvalue weighted by Crippen LogP contribution is -2.04. The van der Waals surface area contributed by atoms with E-state index in [1.165, 1.54) is 17.4 Å². The van der Waals surface area contributed by atoms with Crippen molar-refractivity contribution in [3.05, 3.63) is 61.0 Å². The van der Waals surface area contributed by atoms with Crippen molar-refractivity contribution in [2.45, 2.75) is 6.92 Å². The molecule has 0 saturated carbocycles. The predicted octanol–water partition coefficient (Wildman–Crippen LogP) is 4.68. The molecule has 0 N–H and O–H groups in total. The van der Waals surface area contributed by atoms with Crippen molar-refractivity contribution in [2.75, 3.05) is 0 Å². The highest BCUT2D eigenvalue weighted by Crippen LogP contribution is 2.42. The van der Waals surface area contributed by atoms with Crippen LogP contribution >= 0.6 is 11.3 Å². The SMILES string of the molecule is C=CC(=O)Oc1ccc2c(sc3c(F)c(OC(=O)C=C)ccc32)c1C. The zero-order chi connectivity index (χ0) is 18.1. The minimum atomic E-state index is -0.728. The number of hydrogen-bond donors (Lipinski definition) is 0. The number of benzene rings is 2. The van der Waals surface area contributed by atoms with Gasteiger partial charge in [0.2, 0.25) is 0 Å². The Morgan fingerprint density at radius 1 is 0.960 bits per heavy atom. The van der Waals surface area contributed by atoms with Gasteiger partial charge in [-0.2, -0.15) is 0 Å². The topological polar surface area (TPSA) is 52.6 Å². The van der Waals surface area contributed by atoms with Crippen molar-refractivity contribution in [1.29, 1.82) is 0 Å². The lowest BCUT2D eigenvalue weighted by Gasteiger charge is -2.06. The summed E-state index contributed by atoms with van der Waals surface area (Å²) >= 11 is 1.20. The van der Waals surface area contributed by atoms with Gasteiger partial charge in [0.15, 0.2) is 11.6 Å². The average Bonchev–Trinajstić information content (AvgIpc) is 2.99. The Morgan fingerprint density at radius 2 is 1.48 bits per heavy atom. The summed E-state index contributed by atoms with van der Waals surface area (Å²) in [4.78, 5) is 22.7. The van der Waals surface area contributed by atoms with E-state index in [1.54, 1.807) is 25.1 Å². The molecule has 0 aliphatic rings. The van der Waals surface area contributed by atoms with Gasteiger partial charge in [-0.15, -0.1) is 11.3 Å². The number of esters is 2. The van der Waals surface area contributed by atoms with Gasteiger partial charge in [0.1, 0.15) is 5.75 Å². The fraction of sp³-hybridized carbons (Fsp3) is 0.0526. The van der Waals surface area contributed by atoms with Gasteiger partial charge in [0, 0.05) is 33.2 Å². The molecule has 2 aromatic carbocycles. The maximum absolute atomic E-state index is 14.7. The molecule has 0 unspecified atom stereocenters. The van der Waals surface area contributed by atoms with E-state index in [-0.39, 0.29) is 5.75 Å². The fourth-order valence-electron chi connectivity index (χ4n) is 2.46. The zero-order valence-corrected chi connectivity index (χ0v) is 14.1. The Bertz CT molecular complexity index is 966. The van der Waals surface area contributed by atoms with Crippen LogP contribution in [0.2, 0.25) is 0 Å². The molecule has 0 amide bonds. The van der Waals surface area contributed by atoms with Crippen LogP contribution in [0.3, 0.4) is 0 Å². The van der Waals surface area contributed by atoms with Gasteiger partial charge in [-0.05, 0) is 31.2 Å². The average molecular weight is 356 g/mol. The second-order valence-electron chi connectivity index (χ2n) is 5.17.